The zero-order chi connectivity index (χ0) is 69.8. The Bertz CT molecular complexity index is 1820. The molecule has 0 bridgehead atoms. The van der Waals surface area contributed by atoms with Gasteiger partial charge in [-0.25, -0.2) is 9.13 Å². The molecule has 19 heteroatoms. The molecule has 0 amide bonds. The Morgan fingerprint density at radius 1 is 0.295 bits per heavy atom. The second-order valence-corrected chi connectivity index (χ2v) is 30.5. The highest BCUT2D eigenvalue weighted by Gasteiger charge is 2.30. The van der Waals surface area contributed by atoms with Gasteiger partial charge in [0.25, 0.3) is 0 Å². The maximum Gasteiger partial charge on any atom is 0.472 e. The van der Waals surface area contributed by atoms with Crippen LogP contribution in [-0.2, 0) is 65.4 Å². The summed E-state index contributed by atoms with van der Waals surface area (Å²) in [5, 5.41) is 10.6. The van der Waals surface area contributed by atoms with Crippen LogP contribution in [0.25, 0.3) is 0 Å². The van der Waals surface area contributed by atoms with E-state index in [0.29, 0.717) is 25.7 Å². The topological polar surface area (TPSA) is 237 Å². The second kappa shape index (κ2) is 69.2. The fraction of sp³-hybridized carbons (Fsp3) is 0.947. The van der Waals surface area contributed by atoms with E-state index in [1.54, 1.807) is 0 Å². The zero-order valence-electron chi connectivity index (χ0n) is 61.8. The fourth-order valence-corrected chi connectivity index (χ4v) is 13.3. The number of aliphatic hydroxyl groups is 1. The summed E-state index contributed by atoms with van der Waals surface area (Å²) in [7, 11) is -9.91. The molecule has 0 radical (unpaired) electrons. The third-order valence-corrected chi connectivity index (χ3v) is 20.0. The summed E-state index contributed by atoms with van der Waals surface area (Å²) >= 11 is 0. The van der Waals surface area contributed by atoms with Gasteiger partial charge in [0.15, 0.2) is 12.2 Å². The van der Waals surface area contributed by atoms with Crippen molar-refractivity contribution in [2.75, 3.05) is 39.6 Å². The van der Waals surface area contributed by atoms with E-state index in [1.165, 1.54) is 225 Å². The molecule has 0 rings (SSSR count). The molecule has 0 spiro atoms. The van der Waals surface area contributed by atoms with Gasteiger partial charge in [0.1, 0.15) is 19.3 Å². The molecule has 0 aliphatic heterocycles. The number of unbranched alkanes of at least 4 members (excludes halogenated alkanes) is 47. The quantitative estimate of drug-likeness (QED) is 0.0222. The Labute approximate surface area is 581 Å². The minimum atomic E-state index is -4.96. The second-order valence-electron chi connectivity index (χ2n) is 27.6. The van der Waals surface area contributed by atoms with Crippen LogP contribution in [0, 0.1) is 5.92 Å². The number of esters is 4. The van der Waals surface area contributed by atoms with Crippen molar-refractivity contribution < 1.29 is 80.2 Å². The molecule has 0 heterocycles. The SMILES string of the molecule is CCCCCCCCCCCCCCCCCCCCCCCC(=O)O[C@H](COC(=O)CCCCCCCCCCC(C)CC)COP(=O)(O)OC[C@@H](O)COP(=O)(O)OC[C@@H](COC(=O)CCCCCCCCCCCCC)OC(=O)CCCCCCCCCCCCC. The van der Waals surface area contributed by atoms with Gasteiger partial charge in [-0.2, -0.15) is 0 Å². The van der Waals surface area contributed by atoms with Gasteiger partial charge in [0, 0.05) is 25.7 Å². The summed E-state index contributed by atoms with van der Waals surface area (Å²) in [5.74, 6) is -1.34. The summed E-state index contributed by atoms with van der Waals surface area (Å²) in [6.45, 7) is 7.28. The van der Waals surface area contributed by atoms with E-state index in [9.17, 15) is 43.2 Å². The van der Waals surface area contributed by atoms with E-state index in [-0.39, 0.29) is 25.7 Å². The number of ether oxygens (including phenoxy) is 4. The third-order valence-electron chi connectivity index (χ3n) is 18.1. The monoisotopic (exact) mass is 1400 g/mol. The van der Waals surface area contributed by atoms with Crippen LogP contribution in [-0.4, -0.2) is 96.7 Å². The Morgan fingerprint density at radius 2 is 0.505 bits per heavy atom. The van der Waals surface area contributed by atoms with Crippen LogP contribution >= 0.6 is 15.6 Å². The molecule has 17 nitrogen and oxygen atoms in total. The molecule has 95 heavy (non-hydrogen) atoms. The van der Waals surface area contributed by atoms with Crippen molar-refractivity contribution in [3.63, 3.8) is 0 Å². The molecular formula is C76H148O17P2. The van der Waals surface area contributed by atoms with E-state index in [1.807, 2.05) is 0 Å². The van der Waals surface area contributed by atoms with Crippen molar-refractivity contribution in [1.82, 2.24) is 0 Å². The van der Waals surface area contributed by atoms with E-state index >= 15 is 0 Å². The van der Waals surface area contributed by atoms with Gasteiger partial charge in [-0.1, -0.05) is 349 Å². The Hall–Kier alpha value is -1.94. The predicted molar refractivity (Wildman–Crippen MR) is 386 cm³/mol. The van der Waals surface area contributed by atoms with Crippen LogP contribution in [0.2, 0.25) is 0 Å². The van der Waals surface area contributed by atoms with Crippen LogP contribution in [0.3, 0.4) is 0 Å². The highest BCUT2D eigenvalue weighted by molar-refractivity contribution is 7.47. The number of aliphatic hydroxyl groups excluding tert-OH is 1. The highest BCUT2D eigenvalue weighted by Crippen LogP contribution is 2.45. The summed E-state index contributed by atoms with van der Waals surface area (Å²) in [6.07, 6.45) is 58.2. The van der Waals surface area contributed by atoms with Crippen molar-refractivity contribution >= 4 is 39.5 Å². The standard InChI is InChI=1S/C76H148O17P2/c1-6-10-13-16-19-22-25-26-27-28-29-30-31-32-33-34-37-40-47-52-57-62-76(81)93-72(66-87-74(79)60-55-50-45-42-41-43-48-53-58-69(5)9-4)68-91-95(84,85)89-64-70(77)63-88-94(82,83)90-67-71(92-75(80)61-56-51-46-39-36-24-21-18-15-12-8-3)65-86-73(78)59-54-49-44-38-35-23-20-17-14-11-7-2/h69-72,77H,6-68H2,1-5H3,(H,82,83)(H,84,85)/t69?,70-,71+,72+/m0/s1. The number of rotatable bonds is 76. The number of hydrogen-bond donors (Lipinski definition) is 3. The Kier molecular flexibility index (Phi) is 67.7. The molecule has 3 N–H and O–H groups in total. The number of carbonyl (C=O) groups excluding carboxylic acids is 4. The number of hydrogen-bond acceptors (Lipinski definition) is 15. The van der Waals surface area contributed by atoms with Crippen LogP contribution in [0.5, 0.6) is 0 Å². The predicted octanol–water partition coefficient (Wildman–Crippen LogP) is 22.5. The van der Waals surface area contributed by atoms with Crippen LogP contribution in [0.4, 0.5) is 0 Å². The van der Waals surface area contributed by atoms with Gasteiger partial charge >= 0.3 is 39.5 Å². The first-order valence-corrected chi connectivity index (χ1v) is 42.7. The van der Waals surface area contributed by atoms with E-state index in [0.717, 1.165) is 95.8 Å². The lowest BCUT2D eigenvalue weighted by molar-refractivity contribution is -0.161. The lowest BCUT2D eigenvalue weighted by atomic mass is 9.99. The van der Waals surface area contributed by atoms with Gasteiger partial charge in [-0.05, 0) is 31.6 Å². The maximum atomic E-state index is 13.1. The van der Waals surface area contributed by atoms with Gasteiger partial charge in [0.05, 0.1) is 26.4 Å². The summed E-state index contributed by atoms with van der Waals surface area (Å²) in [6, 6.07) is 0. The van der Waals surface area contributed by atoms with E-state index in [4.69, 9.17) is 37.0 Å². The molecular weight excluding hydrogens is 1250 g/mol. The average molecular weight is 1400 g/mol. The van der Waals surface area contributed by atoms with Crippen molar-refractivity contribution in [1.29, 1.82) is 0 Å². The molecule has 0 aliphatic carbocycles. The van der Waals surface area contributed by atoms with Gasteiger partial charge in [0.2, 0.25) is 0 Å². The minimum absolute atomic E-state index is 0.107. The van der Waals surface area contributed by atoms with Crippen LogP contribution in [0.1, 0.15) is 401 Å². The van der Waals surface area contributed by atoms with Gasteiger partial charge in [-0.15, -0.1) is 0 Å². The molecule has 0 aliphatic rings. The van der Waals surface area contributed by atoms with Crippen LogP contribution in [0.15, 0.2) is 0 Å². The van der Waals surface area contributed by atoms with E-state index in [2.05, 4.69) is 34.6 Å². The minimum Gasteiger partial charge on any atom is -0.462 e. The van der Waals surface area contributed by atoms with Gasteiger partial charge in [-0.3, -0.25) is 37.3 Å². The summed E-state index contributed by atoms with van der Waals surface area (Å²) in [4.78, 5) is 72.7. The smallest absolute Gasteiger partial charge is 0.462 e. The fourth-order valence-electron chi connectivity index (χ4n) is 11.7. The van der Waals surface area contributed by atoms with Crippen molar-refractivity contribution in [2.24, 2.45) is 5.92 Å². The maximum absolute atomic E-state index is 13.1. The zero-order valence-corrected chi connectivity index (χ0v) is 63.6. The van der Waals surface area contributed by atoms with Crippen molar-refractivity contribution in [2.45, 2.75) is 419 Å². The first-order chi connectivity index (χ1) is 46.1. The Balaban J connectivity index is 5.19. The molecule has 3 unspecified atom stereocenters. The first kappa shape index (κ1) is 93.1. The number of phosphoric ester groups is 2. The van der Waals surface area contributed by atoms with Gasteiger partial charge < -0.3 is 33.8 Å². The van der Waals surface area contributed by atoms with Crippen LogP contribution < -0.4 is 0 Å². The molecule has 0 aromatic rings. The molecule has 0 saturated heterocycles. The molecule has 0 aromatic heterocycles. The number of phosphoric acid groups is 2. The average Bonchev–Trinajstić information content (AvgIpc) is 1.79. The normalized spacial score (nSPS) is 14.2. The van der Waals surface area contributed by atoms with Crippen molar-refractivity contribution in [3.05, 3.63) is 0 Å². The van der Waals surface area contributed by atoms with E-state index < -0.39 is 97.5 Å². The third kappa shape index (κ3) is 69.0. The van der Waals surface area contributed by atoms with Crippen molar-refractivity contribution in [3.8, 4) is 0 Å². The lowest BCUT2D eigenvalue weighted by Gasteiger charge is -2.21. The lowest BCUT2D eigenvalue weighted by Crippen LogP contribution is -2.30. The molecule has 564 valence electrons. The molecule has 0 fully saturated rings. The largest absolute Gasteiger partial charge is 0.472 e. The molecule has 6 atom stereocenters. The molecule has 0 saturated carbocycles. The summed E-state index contributed by atoms with van der Waals surface area (Å²) in [5.41, 5.74) is 0. The number of carbonyl (C=O) groups is 4. The highest BCUT2D eigenvalue weighted by atomic mass is 31.2. The first-order valence-electron chi connectivity index (χ1n) is 39.7. The molecule has 0 aromatic carbocycles. The summed E-state index contributed by atoms with van der Waals surface area (Å²) < 4.78 is 68.5. The Morgan fingerprint density at radius 3 is 0.747 bits per heavy atom.